The van der Waals surface area contributed by atoms with Gasteiger partial charge in [-0.2, -0.15) is 0 Å². The molecule has 0 aromatic heterocycles. The number of hydrogen-bond acceptors (Lipinski definition) is 3. The van der Waals surface area contributed by atoms with E-state index in [9.17, 15) is 9.59 Å². The second kappa shape index (κ2) is 8.60. The second-order valence-electron chi connectivity index (χ2n) is 8.81. The molecular weight excluding hydrogens is 374 g/mol. The van der Waals surface area contributed by atoms with E-state index < -0.39 is 0 Å². The molecule has 0 spiro atoms. The molecule has 0 saturated heterocycles. The fraction of sp³-hybridized carbons (Fsp3) is 0.440. The molecule has 0 radical (unpaired) electrons. The van der Waals surface area contributed by atoms with Crippen LogP contribution in [0.25, 0.3) is 0 Å². The first-order chi connectivity index (χ1) is 14.2. The Morgan fingerprint density at radius 2 is 1.73 bits per heavy atom. The van der Waals surface area contributed by atoms with E-state index in [4.69, 9.17) is 0 Å². The first-order valence-corrected chi connectivity index (χ1v) is 10.7. The van der Waals surface area contributed by atoms with Crippen LogP contribution in [0.1, 0.15) is 54.7 Å². The zero-order chi connectivity index (χ0) is 22.1. The highest BCUT2D eigenvalue weighted by Gasteiger charge is 2.38. The Morgan fingerprint density at radius 1 is 1.03 bits per heavy atom. The summed E-state index contributed by atoms with van der Waals surface area (Å²) in [4.78, 5) is 29.8. The first-order valence-electron chi connectivity index (χ1n) is 10.7. The molecular formula is C25H33N3O2. The van der Waals surface area contributed by atoms with E-state index in [1.54, 1.807) is 0 Å². The van der Waals surface area contributed by atoms with Gasteiger partial charge in [0, 0.05) is 28.9 Å². The van der Waals surface area contributed by atoms with Crippen LogP contribution in [0.2, 0.25) is 0 Å². The molecule has 30 heavy (non-hydrogen) atoms. The van der Waals surface area contributed by atoms with E-state index in [0.29, 0.717) is 24.3 Å². The molecule has 1 N–H and O–H groups in total. The van der Waals surface area contributed by atoms with Gasteiger partial charge in [-0.05, 0) is 67.9 Å². The minimum absolute atomic E-state index is 0.100. The number of anilines is 2. The summed E-state index contributed by atoms with van der Waals surface area (Å²) < 4.78 is 0. The topological polar surface area (TPSA) is 52.7 Å². The Morgan fingerprint density at radius 3 is 2.37 bits per heavy atom. The lowest BCUT2D eigenvalue weighted by Gasteiger charge is -2.24. The Hall–Kier alpha value is -2.66. The molecule has 2 aromatic rings. The van der Waals surface area contributed by atoms with Gasteiger partial charge in [0.2, 0.25) is 5.91 Å². The highest BCUT2D eigenvalue weighted by molar-refractivity contribution is 6.05. The zero-order valence-electron chi connectivity index (χ0n) is 19.0. The van der Waals surface area contributed by atoms with Crippen LogP contribution < -0.4 is 10.2 Å². The van der Waals surface area contributed by atoms with Gasteiger partial charge in [-0.25, -0.2) is 0 Å². The summed E-state index contributed by atoms with van der Waals surface area (Å²) in [6.45, 7) is 15.2. The molecule has 3 rings (SSSR count). The van der Waals surface area contributed by atoms with Crippen molar-refractivity contribution < 1.29 is 9.59 Å². The van der Waals surface area contributed by atoms with Crippen molar-refractivity contribution in [1.29, 1.82) is 0 Å². The van der Waals surface area contributed by atoms with Gasteiger partial charge in [-0.15, -0.1) is 0 Å². The van der Waals surface area contributed by atoms with Gasteiger partial charge < -0.3 is 10.2 Å². The largest absolute Gasteiger partial charge is 0.322 e. The lowest BCUT2D eigenvalue weighted by molar-refractivity contribution is -0.119. The number of fused-ring (bicyclic) bond motifs is 1. The molecule has 0 saturated carbocycles. The monoisotopic (exact) mass is 407 g/mol. The third-order valence-electron chi connectivity index (χ3n) is 6.15. The highest BCUT2D eigenvalue weighted by atomic mass is 16.2. The summed E-state index contributed by atoms with van der Waals surface area (Å²) in [6.07, 6.45) is 0. The molecule has 5 heteroatoms. The molecule has 0 bridgehead atoms. The average molecular weight is 408 g/mol. The highest BCUT2D eigenvalue weighted by Crippen LogP contribution is 2.42. The quantitative estimate of drug-likeness (QED) is 0.766. The number of nitrogens with zero attached hydrogens (tertiary/aromatic N) is 2. The predicted octanol–water partition coefficient (Wildman–Crippen LogP) is 4.52. The molecule has 0 aliphatic carbocycles. The summed E-state index contributed by atoms with van der Waals surface area (Å²) in [7, 11) is 0. The van der Waals surface area contributed by atoms with E-state index in [2.05, 4.69) is 37.9 Å². The van der Waals surface area contributed by atoms with Crippen LogP contribution >= 0.6 is 0 Å². The van der Waals surface area contributed by atoms with E-state index in [1.807, 2.05) is 55.1 Å². The van der Waals surface area contributed by atoms with Gasteiger partial charge in [0.1, 0.15) is 0 Å². The van der Waals surface area contributed by atoms with Crippen LogP contribution in [0.15, 0.2) is 36.4 Å². The number of carbonyl (C=O) groups excluding carboxylic acids is 2. The number of carbonyl (C=O) groups is 2. The molecule has 0 atom stereocenters. The Labute approximate surface area is 180 Å². The SMILES string of the molecule is CCN(CC)CC(=O)N1CC(C)(C)c2ccc(NC(=O)c3ccc(C)c(C)c3)cc21. The number of hydrogen-bond donors (Lipinski definition) is 1. The summed E-state index contributed by atoms with van der Waals surface area (Å²) in [5.74, 6) is -0.0421. The van der Waals surface area contributed by atoms with Gasteiger partial charge in [0.05, 0.1) is 6.54 Å². The maximum absolute atomic E-state index is 13.0. The van der Waals surface area contributed by atoms with Crippen LogP contribution in [-0.4, -0.2) is 42.9 Å². The minimum atomic E-state index is -0.142. The number of rotatable bonds is 6. The van der Waals surface area contributed by atoms with Crippen molar-refractivity contribution in [2.24, 2.45) is 0 Å². The van der Waals surface area contributed by atoms with Crippen LogP contribution in [0.5, 0.6) is 0 Å². The van der Waals surface area contributed by atoms with Crippen molar-refractivity contribution >= 4 is 23.2 Å². The Kier molecular flexibility index (Phi) is 6.32. The van der Waals surface area contributed by atoms with Crippen LogP contribution in [-0.2, 0) is 10.2 Å². The summed E-state index contributed by atoms with van der Waals surface area (Å²) in [5.41, 5.74) is 5.50. The van der Waals surface area contributed by atoms with Crippen molar-refractivity contribution in [2.75, 3.05) is 36.4 Å². The van der Waals surface area contributed by atoms with Crippen LogP contribution in [0, 0.1) is 13.8 Å². The molecule has 5 nitrogen and oxygen atoms in total. The van der Waals surface area contributed by atoms with E-state index in [0.717, 1.165) is 35.5 Å². The second-order valence-corrected chi connectivity index (χ2v) is 8.81. The number of amides is 2. The van der Waals surface area contributed by atoms with Crippen molar-refractivity contribution in [3.05, 3.63) is 58.7 Å². The lowest BCUT2D eigenvalue weighted by Crippen LogP contribution is -2.41. The van der Waals surface area contributed by atoms with Crippen LogP contribution in [0.3, 0.4) is 0 Å². The predicted molar refractivity (Wildman–Crippen MR) is 123 cm³/mol. The molecule has 2 amide bonds. The Balaban J connectivity index is 1.85. The third-order valence-corrected chi connectivity index (χ3v) is 6.15. The Bertz CT molecular complexity index is 961. The summed E-state index contributed by atoms with van der Waals surface area (Å²) in [6, 6.07) is 11.6. The van der Waals surface area contributed by atoms with E-state index in [1.165, 1.54) is 0 Å². The molecule has 1 heterocycles. The van der Waals surface area contributed by atoms with Gasteiger partial charge in [-0.1, -0.05) is 39.8 Å². The van der Waals surface area contributed by atoms with Gasteiger partial charge in [-0.3, -0.25) is 14.5 Å². The van der Waals surface area contributed by atoms with Crippen molar-refractivity contribution in [3.63, 3.8) is 0 Å². The molecule has 0 unspecified atom stereocenters. The molecule has 1 aliphatic rings. The smallest absolute Gasteiger partial charge is 0.255 e. The molecule has 0 fully saturated rings. The molecule has 160 valence electrons. The third kappa shape index (κ3) is 4.41. The maximum Gasteiger partial charge on any atom is 0.255 e. The number of likely N-dealkylation sites (N-methyl/N-ethyl adjacent to an activating group) is 1. The van der Waals surface area contributed by atoms with Crippen LogP contribution in [0.4, 0.5) is 11.4 Å². The van der Waals surface area contributed by atoms with Crippen molar-refractivity contribution in [2.45, 2.75) is 47.0 Å². The minimum Gasteiger partial charge on any atom is -0.322 e. The van der Waals surface area contributed by atoms with Gasteiger partial charge in [0.25, 0.3) is 5.91 Å². The number of aryl methyl sites for hydroxylation is 2. The van der Waals surface area contributed by atoms with E-state index in [-0.39, 0.29) is 17.2 Å². The molecule has 1 aliphatic heterocycles. The normalized spacial score (nSPS) is 14.7. The molecule has 2 aromatic carbocycles. The fourth-order valence-electron chi connectivity index (χ4n) is 4.00. The zero-order valence-corrected chi connectivity index (χ0v) is 19.0. The first kappa shape index (κ1) is 22.0. The number of nitrogens with one attached hydrogen (secondary N) is 1. The average Bonchev–Trinajstić information content (AvgIpc) is 2.98. The van der Waals surface area contributed by atoms with Crippen molar-refractivity contribution in [3.8, 4) is 0 Å². The number of benzene rings is 2. The van der Waals surface area contributed by atoms with Gasteiger partial charge >= 0.3 is 0 Å². The summed E-state index contributed by atoms with van der Waals surface area (Å²) in [5, 5.41) is 3.00. The lowest BCUT2D eigenvalue weighted by atomic mass is 9.87. The fourth-order valence-corrected chi connectivity index (χ4v) is 4.00. The van der Waals surface area contributed by atoms with E-state index >= 15 is 0 Å². The standard InChI is InChI=1S/C25H33N3O2/c1-7-27(8-2)15-23(29)28-16-25(5,6)21-12-11-20(14-22(21)28)26-24(30)19-10-9-17(3)18(4)13-19/h9-14H,7-8,15-16H2,1-6H3,(H,26,30). The van der Waals surface area contributed by atoms with Gasteiger partial charge in [0.15, 0.2) is 0 Å². The van der Waals surface area contributed by atoms with Crippen molar-refractivity contribution in [1.82, 2.24) is 4.90 Å². The summed E-state index contributed by atoms with van der Waals surface area (Å²) >= 11 is 0. The maximum atomic E-state index is 13.0.